The fourth-order valence-corrected chi connectivity index (χ4v) is 5.59. The van der Waals surface area contributed by atoms with E-state index in [2.05, 4.69) is 29.5 Å². The average Bonchev–Trinajstić information content (AvgIpc) is 3.33. The molecule has 1 aliphatic carbocycles. The van der Waals surface area contributed by atoms with Crippen molar-refractivity contribution in [3.8, 4) is 17.3 Å². The molecule has 0 bridgehead atoms. The van der Waals surface area contributed by atoms with E-state index in [4.69, 9.17) is 19.8 Å². The lowest BCUT2D eigenvalue weighted by molar-refractivity contribution is -0.114. The Hall–Kier alpha value is -4.93. The molecule has 226 valence electrons. The molecule has 3 heterocycles. The summed E-state index contributed by atoms with van der Waals surface area (Å²) < 4.78 is 36.9. The molecular formula is C33H33F2N7O2. The van der Waals surface area contributed by atoms with Crippen molar-refractivity contribution in [1.29, 1.82) is 0 Å². The number of benzene rings is 2. The number of pyridine rings is 1. The Kier molecular flexibility index (Phi) is 7.71. The second-order valence-electron chi connectivity index (χ2n) is 11.7. The number of rotatable bonds is 8. The number of hydrogen-bond donors (Lipinski definition) is 2. The molecule has 9 nitrogen and oxygen atoms in total. The predicted molar refractivity (Wildman–Crippen MR) is 165 cm³/mol. The third kappa shape index (κ3) is 5.95. The molecular weight excluding hydrogens is 564 g/mol. The minimum atomic E-state index is -0.704. The number of nitrogens with one attached hydrogen (secondary N) is 2. The van der Waals surface area contributed by atoms with Crippen molar-refractivity contribution in [2.24, 2.45) is 5.41 Å². The van der Waals surface area contributed by atoms with Crippen LogP contribution in [0.1, 0.15) is 50.9 Å². The van der Waals surface area contributed by atoms with E-state index < -0.39 is 11.6 Å². The maximum atomic E-state index is 15.0. The monoisotopic (exact) mass is 597 g/mol. The number of anilines is 3. The molecule has 0 fully saturated rings. The third-order valence-corrected chi connectivity index (χ3v) is 7.72. The van der Waals surface area contributed by atoms with E-state index >= 15 is 8.78 Å². The van der Waals surface area contributed by atoms with Crippen molar-refractivity contribution in [2.75, 3.05) is 17.2 Å². The van der Waals surface area contributed by atoms with Crippen LogP contribution in [0.2, 0.25) is 0 Å². The van der Waals surface area contributed by atoms with Crippen LogP contribution >= 0.6 is 0 Å². The number of carbonyl (C=O) groups excluding carboxylic acids is 1. The van der Waals surface area contributed by atoms with Crippen LogP contribution in [0.4, 0.5) is 26.1 Å². The first-order valence-corrected chi connectivity index (χ1v) is 14.6. The van der Waals surface area contributed by atoms with Crippen LogP contribution in [0.25, 0.3) is 22.4 Å². The summed E-state index contributed by atoms with van der Waals surface area (Å²) in [5.41, 5.74) is 3.81. The zero-order chi connectivity index (χ0) is 31.0. The summed E-state index contributed by atoms with van der Waals surface area (Å²) in [4.78, 5) is 25.8. The van der Waals surface area contributed by atoms with Gasteiger partial charge in [0.1, 0.15) is 34.7 Å². The van der Waals surface area contributed by atoms with Gasteiger partial charge in [-0.3, -0.25) is 9.48 Å². The summed E-state index contributed by atoms with van der Waals surface area (Å²) in [6.07, 6.45) is 4.12. The minimum Gasteiger partial charge on any atom is -0.494 e. The van der Waals surface area contributed by atoms with Gasteiger partial charge >= 0.3 is 0 Å². The molecule has 0 aliphatic heterocycles. The molecule has 1 amide bonds. The van der Waals surface area contributed by atoms with Crippen molar-refractivity contribution in [3.63, 3.8) is 0 Å². The molecule has 44 heavy (non-hydrogen) atoms. The largest absolute Gasteiger partial charge is 0.494 e. The van der Waals surface area contributed by atoms with Crippen LogP contribution in [0, 0.1) is 17.0 Å². The van der Waals surface area contributed by atoms with Gasteiger partial charge in [-0.05, 0) is 43.7 Å². The van der Waals surface area contributed by atoms with Crippen LogP contribution < -0.4 is 15.4 Å². The molecule has 3 aromatic heterocycles. The zero-order valence-electron chi connectivity index (χ0n) is 25.0. The molecule has 11 heteroatoms. The van der Waals surface area contributed by atoms with Crippen LogP contribution in [0.5, 0.6) is 5.75 Å². The van der Waals surface area contributed by atoms with E-state index in [0.29, 0.717) is 41.0 Å². The number of aromatic nitrogens is 5. The highest BCUT2D eigenvalue weighted by molar-refractivity contribution is 5.92. The predicted octanol–water partition coefficient (Wildman–Crippen LogP) is 6.83. The Morgan fingerprint density at radius 3 is 2.61 bits per heavy atom. The van der Waals surface area contributed by atoms with Gasteiger partial charge in [0.05, 0.1) is 18.7 Å². The number of halogens is 2. The molecule has 0 saturated carbocycles. The second kappa shape index (κ2) is 11.6. The number of ether oxygens (including phenoxy) is 1. The summed E-state index contributed by atoms with van der Waals surface area (Å²) in [5.74, 6) is -0.0181. The Labute approximate surface area is 253 Å². The molecule has 0 atom stereocenters. The highest BCUT2D eigenvalue weighted by Gasteiger charge is 2.30. The summed E-state index contributed by atoms with van der Waals surface area (Å²) in [6, 6.07) is 13.4. The van der Waals surface area contributed by atoms with Gasteiger partial charge in [0.15, 0.2) is 5.82 Å². The van der Waals surface area contributed by atoms with Gasteiger partial charge in [0.2, 0.25) is 5.91 Å². The molecule has 0 unspecified atom stereocenters. The Morgan fingerprint density at radius 2 is 1.86 bits per heavy atom. The van der Waals surface area contributed by atoms with Crippen LogP contribution in [0.15, 0.2) is 54.7 Å². The zero-order valence-corrected chi connectivity index (χ0v) is 25.0. The van der Waals surface area contributed by atoms with Crippen molar-refractivity contribution in [3.05, 3.63) is 83.2 Å². The lowest BCUT2D eigenvalue weighted by Gasteiger charge is -2.32. The van der Waals surface area contributed by atoms with Crippen molar-refractivity contribution in [1.82, 2.24) is 24.7 Å². The smallest absolute Gasteiger partial charge is 0.222 e. The average molecular weight is 598 g/mol. The highest BCUT2D eigenvalue weighted by atomic mass is 19.1. The lowest BCUT2D eigenvalue weighted by atomic mass is 9.76. The van der Waals surface area contributed by atoms with Gasteiger partial charge in [-0.15, -0.1) is 0 Å². The minimum absolute atomic E-state index is 0.0635. The first-order valence-electron chi connectivity index (χ1n) is 14.6. The maximum Gasteiger partial charge on any atom is 0.222 e. The van der Waals surface area contributed by atoms with E-state index in [0.717, 1.165) is 35.9 Å². The number of amides is 1. The van der Waals surface area contributed by atoms with Crippen LogP contribution in [-0.4, -0.2) is 37.2 Å². The van der Waals surface area contributed by atoms with E-state index in [1.165, 1.54) is 19.1 Å². The molecule has 1 aliphatic rings. The molecule has 2 aromatic carbocycles. The summed E-state index contributed by atoms with van der Waals surface area (Å²) in [6.45, 7) is 7.81. The molecule has 0 saturated heterocycles. The van der Waals surface area contributed by atoms with Gasteiger partial charge < -0.3 is 15.4 Å². The third-order valence-electron chi connectivity index (χ3n) is 7.72. The Morgan fingerprint density at radius 1 is 1.09 bits per heavy atom. The summed E-state index contributed by atoms with van der Waals surface area (Å²) in [7, 11) is 0. The standard InChI is InChI=1S/C33H33F2N7O2/c1-5-44-21-15-25(34)24(26(35)16-21)18-42-28-9-7-6-8-22(28)30(41-42)32-39-27-10-12-33(3,4)17-23(27)31(40-32)38-20-11-13-36-29(14-20)37-19(2)43/h6-9,11,13-16H,5,10,12,17-18H2,1-4H3,(H2,36,37,38,39,40,43). The lowest BCUT2D eigenvalue weighted by Crippen LogP contribution is -2.25. The first kappa shape index (κ1) is 29.2. The van der Waals surface area contributed by atoms with Gasteiger partial charge in [-0.2, -0.15) is 5.10 Å². The summed E-state index contributed by atoms with van der Waals surface area (Å²) >= 11 is 0. The Balaban J connectivity index is 1.44. The fraction of sp³-hybridized carbons (Fsp3) is 0.303. The van der Waals surface area contributed by atoms with Gasteiger partial charge in [-0.1, -0.05) is 32.0 Å². The van der Waals surface area contributed by atoms with Crippen molar-refractivity contribution >= 4 is 34.1 Å². The number of nitrogens with zero attached hydrogens (tertiary/aromatic N) is 5. The van der Waals surface area contributed by atoms with Crippen molar-refractivity contribution in [2.45, 2.75) is 53.5 Å². The number of carbonyl (C=O) groups is 1. The SMILES string of the molecule is CCOc1cc(F)c(Cn2nc(-c3nc4c(c(Nc5ccnc(NC(C)=O)c5)n3)CC(C)(C)CC4)c3ccccc32)c(F)c1. The van der Waals surface area contributed by atoms with E-state index in [1.807, 2.05) is 24.3 Å². The van der Waals surface area contributed by atoms with E-state index in [9.17, 15) is 4.79 Å². The molecule has 0 spiro atoms. The van der Waals surface area contributed by atoms with Gasteiger partial charge in [-0.25, -0.2) is 23.7 Å². The van der Waals surface area contributed by atoms with Gasteiger partial charge in [0.25, 0.3) is 0 Å². The normalized spacial score (nSPS) is 13.9. The summed E-state index contributed by atoms with van der Waals surface area (Å²) in [5, 5.41) is 11.7. The fourth-order valence-electron chi connectivity index (χ4n) is 5.59. The number of aryl methyl sites for hydroxylation is 1. The van der Waals surface area contributed by atoms with Gasteiger partial charge in [0, 0.05) is 59.2 Å². The quantitative estimate of drug-likeness (QED) is 0.202. The molecule has 5 aromatic rings. The highest BCUT2D eigenvalue weighted by Crippen LogP contribution is 2.39. The Bertz CT molecular complexity index is 1860. The number of hydrogen-bond acceptors (Lipinski definition) is 7. The topological polar surface area (TPSA) is 107 Å². The van der Waals surface area contributed by atoms with Crippen molar-refractivity contribution < 1.29 is 18.3 Å². The van der Waals surface area contributed by atoms with Crippen LogP contribution in [0.3, 0.4) is 0 Å². The van der Waals surface area contributed by atoms with Crippen LogP contribution in [-0.2, 0) is 24.2 Å². The van der Waals surface area contributed by atoms with E-state index in [1.54, 1.807) is 29.9 Å². The second-order valence-corrected chi connectivity index (χ2v) is 11.7. The maximum absolute atomic E-state index is 15.0. The van der Waals surface area contributed by atoms with E-state index in [-0.39, 0.29) is 29.2 Å². The molecule has 0 radical (unpaired) electrons. The number of fused-ring (bicyclic) bond motifs is 2. The first-order chi connectivity index (χ1) is 21.1. The molecule has 6 rings (SSSR count). The number of para-hydroxylation sites is 1. The molecule has 2 N–H and O–H groups in total.